The molecule has 4 nitrogen and oxygen atoms in total. The summed E-state index contributed by atoms with van der Waals surface area (Å²) in [4.78, 5) is 14.0. The van der Waals surface area contributed by atoms with E-state index in [2.05, 4.69) is 32.0 Å². The number of morpholine rings is 1. The van der Waals surface area contributed by atoms with Gasteiger partial charge in [-0.1, -0.05) is 23.8 Å². The first kappa shape index (κ1) is 15.0. The van der Waals surface area contributed by atoms with E-state index in [0.29, 0.717) is 26.1 Å². The van der Waals surface area contributed by atoms with Crippen LogP contribution < -0.4 is 5.73 Å². The highest BCUT2D eigenvalue weighted by atomic mass is 16.5. The minimum atomic E-state index is -0.0344. The van der Waals surface area contributed by atoms with Crippen LogP contribution in [0.15, 0.2) is 18.2 Å². The zero-order chi connectivity index (χ0) is 14.7. The number of hydrogen-bond acceptors (Lipinski definition) is 3. The van der Waals surface area contributed by atoms with Crippen molar-refractivity contribution >= 4 is 5.91 Å². The smallest absolute Gasteiger partial charge is 0.224 e. The van der Waals surface area contributed by atoms with Gasteiger partial charge in [0, 0.05) is 13.0 Å². The zero-order valence-corrected chi connectivity index (χ0v) is 12.6. The summed E-state index contributed by atoms with van der Waals surface area (Å²) in [6, 6.07) is 6.48. The molecule has 1 amide bonds. The predicted molar refractivity (Wildman–Crippen MR) is 79.5 cm³/mol. The third kappa shape index (κ3) is 3.19. The van der Waals surface area contributed by atoms with Crippen molar-refractivity contribution in [3.63, 3.8) is 0 Å². The lowest BCUT2D eigenvalue weighted by Gasteiger charge is -2.38. The first-order valence-electron chi connectivity index (χ1n) is 7.21. The first-order chi connectivity index (χ1) is 9.52. The Morgan fingerprint density at radius 3 is 2.90 bits per heavy atom. The normalized spacial score (nSPS) is 22.9. The van der Waals surface area contributed by atoms with Crippen molar-refractivity contribution in [2.24, 2.45) is 5.73 Å². The molecule has 4 heteroatoms. The molecule has 1 aromatic carbocycles. The van der Waals surface area contributed by atoms with Crippen LogP contribution >= 0.6 is 0 Å². The van der Waals surface area contributed by atoms with Gasteiger partial charge in [0.2, 0.25) is 5.91 Å². The van der Waals surface area contributed by atoms with E-state index in [4.69, 9.17) is 10.5 Å². The summed E-state index contributed by atoms with van der Waals surface area (Å²) in [7, 11) is 0. The van der Waals surface area contributed by atoms with Crippen molar-refractivity contribution in [1.82, 2.24) is 4.90 Å². The maximum atomic E-state index is 12.1. The highest BCUT2D eigenvalue weighted by molar-refractivity contribution is 5.76. The van der Waals surface area contributed by atoms with Gasteiger partial charge in [0.15, 0.2) is 0 Å². The van der Waals surface area contributed by atoms with Crippen LogP contribution in [-0.2, 0) is 9.53 Å². The van der Waals surface area contributed by atoms with E-state index in [1.165, 1.54) is 16.7 Å². The largest absolute Gasteiger partial charge is 0.370 e. The number of ether oxygens (including phenoxy) is 1. The number of carbonyl (C=O) groups is 1. The molecule has 1 aliphatic rings. The fraction of sp³-hybridized carbons (Fsp3) is 0.562. The number of benzene rings is 1. The molecular weight excluding hydrogens is 252 g/mol. The molecule has 2 N–H and O–H groups in total. The Labute approximate surface area is 120 Å². The average Bonchev–Trinajstić information content (AvgIpc) is 2.42. The van der Waals surface area contributed by atoms with Crippen molar-refractivity contribution in [3.05, 3.63) is 34.9 Å². The quantitative estimate of drug-likeness (QED) is 0.918. The first-order valence-corrected chi connectivity index (χ1v) is 7.21. The van der Waals surface area contributed by atoms with Crippen LogP contribution in [0, 0.1) is 13.8 Å². The third-order valence-corrected chi connectivity index (χ3v) is 3.89. The van der Waals surface area contributed by atoms with Gasteiger partial charge in [-0.2, -0.15) is 0 Å². The predicted octanol–water partition coefficient (Wildman–Crippen LogP) is 1.94. The van der Waals surface area contributed by atoms with Crippen molar-refractivity contribution in [2.75, 3.05) is 19.7 Å². The molecule has 0 aromatic heterocycles. The summed E-state index contributed by atoms with van der Waals surface area (Å²) >= 11 is 0. The lowest BCUT2D eigenvalue weighted by Crippen LogP contribution is -2.48. The molecule has 20 heavy (non-hydrogen) atoms. The Morgan fingerprint density at radius 2 is 2.20 bits per heavy atom. The van der Waals surface area contributed by atoms with E-state index in [1.807, 2.05) is 11.8 Å². The molecule has 0 unspecified atom stereocenters. The fourth-order valence-corrected chi connectivity index (χ4v) is 2.67. The second-order valence-electron chi connectivity index (χ2n) is 5.62. The van der Waals surface area contributed by atoms with E-state index >= 15 is 0 Å². The summed E-state index contributed by atoms with van der Waals surface area (Å²) in [5.74, 6) is 0.124. The molecule has 110 valence electrons. The Kier molecular flexibility index (Phi) is 4.78. The Morgan fingerprint density at radius 1 is 1.45 bits per heavy atom. The summed E-state index contributed by atoms with van der Waals surface area (Å²) in [6.07, 6.45) is 0.372. The summed E-state index contributed by atoms with van der Waals surface area (Å²) in [6.45, 7) is 7.78. The maximum Gasteiger partial charge on any atom is 0.224 e. The average molecular weight is 276 g/mol. The molecule has 2 rings (SSSR count). The number of aryl methyl sites for hydroxylation is 2. The second kappa shape index (κ2) is 6.37. The Hall–Kier alpha value is -1.39. The monoisotopic (exact) mass is 276 g/mol. The Bertz CT molecular complexity index is 487. The third-order valence-electron chi connectivity index (χ3n) is 3.89. The number of carbonyl (C=O) groups excluding carboxylic acids is 1. The molecule has 2 atom stereocenters. The summed E-state index contributed by atoms with van der Waals surface area (Å²) in [5.41, 5.74) is 9.10. The van der Waals surface area contributed by atoms with Crippen LogP contribution in [0.3, 0.4) is 0 Å². The van der Waals surface area contributed by atoms with Crippen LogP contribution in [0.25, 0.3) is 0 Å². The van der Waals surface area contributed by atoms with Crippen LogP contribution in [0.4, 0.5) is 0 Å². The SMILES string of the molecule is Cc1ccc(C)c([C@@H]2CN(C(=O)CCN)[C@H](C)CO2)c1. The Balaban J connectivity index is 2.18. The zero-order valence-electron chi connectivity index (χ0n) is 12.6. The van der Waals surface area contributed by atoms with Crippen LogP contribution in [0.5, 0.6) is 0 Å². The molecule has 1 aliphatic heterocycles. The molecule has 1 heterocycles. The van der Waals surface area contributed by atoms with Crippen LogP contribution in [-0.4, -0.2) is 36.5 Å². The molecule has 0 saturated carbocycles. The molecule has 0 radical (unpaired) electrons. The number of rotatable bonds is 3. The van der Waals surface area contributed by atoms with Crippen molar-refractivity contribution in [2.45, 2.75) is 39.3 Å². The van der Waals surface area contributed by atoms with Gasteiger partial charge in [0.05, 0.1) is 19.2 Å². The minimum Gasteiger partial charge on any atom is -0.370 e. The number of amides is 1. The molecule has 0 spiro atoms. The number of hydrogen-bond donors (Lipinski definition) is 1. The summed E-state index contributed by atoms with van der Waals surface area (Å²) < 4.78 is 5.95. The van der Waals surface area contributed by atoms with Gasteiger partial charge in [-0.05, 0) is 31.9 Å². The highest BCUT2D eigenvalue weighted by Gasteiger charge is 2.30. The van der Waals surface area contributed by atoms with Gasteiger partial charge < -0.3 is 15.4 Å². The molecule has 1 saturated heterocycles. The summed E-state index contributed by atoms with van der Waals surface area (Å²) in [5, 5.41) is 0. The van der Waals surface area contributed by atoms with E-state index < -0.39 is 0 Å². The van der Waals surface area contributed by atoms with E-state index in [0.717, 1.165) is 0 Å². The standard InChI is InChI=1S/C16H24N2O2/c1-11-4-5-12(2)14(8-11)15-9-18(13(3)10-20-15)16(19)6-7-17/h4-5,8,13,15H,6-7,9-10,17H2,1-3H3/t13-,15+/m1/s1. The van der Waals surface area contributed by atoms with Gasteiger partial charge in [0.1, 0.15) is 6.10 Å². The topological polar surface area (TPSA) is 55.6 Å². The van der Waals surface area contributed by atoms with Gasteiger partial charge in [-0.25, -0.2) is 0 Å². The van der Waals surface area contributed by atoms with Gasteiger partial charge in [-0.15, -0.1) is 0 Å². The van der Waals surface area contributed by atoms with Crippen molar-refractivity contribution in [3.8, 4) is 0 Å². The van der Waals surface area contributed by atoms with Gasteiger partial charge in [0.25, 0.3) is 0 Å². The number of nitrogens with zero attached hydrogens (tertiary/aromatic N) is 1. The van der Waals surface area contributed by atoms with Gasteiger partial charge in [-0.3, -0.25) is 4.79 Å². The maximum absolute atomic E-state index is 12.1. The molecule has 1 fully saturated rings. The number of nitrogens with two attached hydrogens (primary N) is 1. The molecular formula is C16H24N2O2. The van der Waals surface area contributed by atoms with Gasteiger partial charge >= 0.3 is 0 Å². The molecule has 0 bridgehead atoms. The lowest BCUT2D eigenvalue weighted by atomic mass is 9.98. The van der Waals surface area contributed by atoms with Crippen molar-refractivity contribution in [1.29, 1.82) is 0 Å². The van der Waals surface area contributed by atoms with Crippen LogP contribution in [0.1, 0.15) is 36.1 Å². The minimum absolute atomic E-state index is 0.0344. The highest BCUT2D eigenvalue weighted by Crippen LogP contribution is 2.28. The molecule has 0 aliphatic carbocycles. The van der Waals surface area contributed by atoms with E-state index in [1.54, 1.807) is 0 Å². The second-order valence-corrected chi connectivity index (χ2v) is 5.62. The van der Waals surface area contributed by atoms with Crippen LogP contribution in [0.2, 0.25) is 0 Å². The lowest BCUT2D eigenvalue weighted by molar-refractivity contribution is -0.144. The molecule has 1 aromatic rings. The van der Waals surface area contributed by atoms with E-state index in [9.17, 15) is 4.79 Å². The fourth-order valence-electron chi connectivity index (χ4n) is 2.67. The van der Waals surface area contributed by atoms with E-state index in [-0.39, 0.29) is 18.1 Å². The van der Waals surface area contributed by atoms with Crippen molar-refractivity contribution < 1.29 is 9.53 Å².